The number of benzene rings is 1. The van der Waals surface area contributed by atoms with Gasteiger partial charge in [-0.15, -0.1) is 24.0 Å². The van der Waals surface area contributed by atoms with E-state index < -0.39 is 0 Å². The molecule has 0 atom stereocenters. The molecule has 1 aromatic carbocycles. The number of aliphatic imine (C=N–C) groups is 1. The summed E-state index contributed by atoms with van der Waals surface area (Å²) in [6.07, 6.45) is 5.49. The number of nitrogens with one attached hydrogen (secondary N) is 1. The van der Waals surface area contributed by atoms with Crippen molar-refractivity contribution < 1.29 is 4.79 Å². The Morgan fingerprint density at radius 3 is 2.59 bits per heavy atom. The van der Waals surface area contributed by atoms with Crippen LogP contribution in [0.5, 0.6) is 0 Å². The van der Waals surface area contributed by atoms with Gasteiger partial charge < -0.3 is 19.7 Å². The molecular formula is C22H32IN5O. The first kappa shape index (κ1) is 23.3. The van der Waals surface area contributed by atoms with Crippen molar-refractivity contribution in [3.05, 3.63) is 59.4 Å². The van der Waals surface area contributed by atoms with Gasteiger partial charge in [0.15, 0.2) is 5.96 Å². The van der Waals surface area contributed by atoms with Crippen LogP contribution in [0.4, 0.5) is 0 Å². The predicted molar refractivity (Wildman–Crippen MR) is 129 cm³/mol. The normalized spacial score (nSPS) is 14.3. The van der Waals surface area contributed by atoms with Crippen LogP contribution in [0.25, 0.3) is 0 Å². The molecule has 2 heterocycles. The highest BCUT2D eigenvalue weighted by molar-refractivity contribution is 14.0. The molecule has 0 aliphatic carbocycles. The zero-order chi connectivity index (χ0) is 19.9. The Hall–Kier alpha value is -2.03. The molecule has 1 saturated heterocycles. The molecule has 0 spiro atoms. The monoisotopic (exact) mass is 509 g/mol. The molecule has 158 valence electrons. The number of amides is 1. The van der Waals surface area contributed by atoms with E-state index in [1.807, 2.05) is 55.5 Å². The zero-order valence-corrected chi connectivity index (χ0v) is 19.9. The summed E-state index contributed by atoms with van der Waals surface area (Å²) in [7, 11) is 5.86. The van der Waals surface area contributed by atoms with Gasteiger partial charge in [0.25, 0.3) is 5.91 Å². The van der Waals surface area contributed by atoms with Gasteiger partial charge in [0.2, 0.25) is 0 Å². The summed E-state index contributed by atoms with van der Waals surface area (Å²) in [4.78, 5) is 21.2. The largest absolute Gasteiger partial charge is 0.353 e. The predicted octanol–water partition coefficient (Wildman–Crippen LogP) is 3.48. The Balaban J connectivity index is 0.00000300. The lowest BCUT2D eigenvalue weighted by atomic mass is 10.1. The molecule has 0 bridgehead atoms. The fourth-order valence-electron chi connectivity index (χ4n) is 3.64. The van der Waals surface area contributed by atoms with Crippen molar-refractivity contribution in [2.75, 3.05) is 27.2 Å². The number of carbonyl (C=O) groups excluding carboxylic acids is 1. The summed E-state index contributed by atoms with van der Waals surface area (Å²) in [6, 6.07) is 12.1. The molecule has 1 aromatic heterocycles. The van der Waals surface area contributed by atoms with Crippen LogP contribution < -0.4 is 5.32 Å². The van der Waals surface area contributed by atoms with E-state index in [0.29, 0.717) is 6.54 Å². The lowest BCUT2D eigenvalue weighted by Gasteiger charge is -2.27. The molecule has 7 heteroatoms. The fourth-order valence-corrected chi connectivity index (χ4v) is 3.64. The molecular weight excluding hydrogens is 477 g/mol. The summed E-state index contributed by atoms with van der Waals surface area (Å²) >= 11 is 0. The first-order valence-corrected chi connectivity index (χ1v) is 9.98. The molecule has 1 N–H and O–H groups in total. The summed E-state index contributed by atoms with van der Waals surface area (Å²) in [5, 5.41) is 3.40. The fraction of sp³-hybridized carbons (Fsp3) is 0.455. The van der Waals surface area contributed by atoms with E-state index in [9.17, 15) is 4.79 Å². The van der Waals surface area contributed by atoms with E-state index in [2.05, 4.69) is 25.8 Å². The van der Waals surface area contributed by atoms with Crippen LogP contribution in [-0.4, -0.2) is 53.4 Å². The molecule has 3 rings (SSSR count). The quantitative estimate of drug-likeness (QED) is 0.382. The van der Waals surface area contributed by atoms with Crippen molar-refractivity contribution in [3.63, 3.8) is 0 Å². The average Bonchev–Trinajstić information content (AvgIpc) is 3.13. The number of hydrogen-bond donors (Lipinski definition) is 1. The number of likely N-dealkylation sites (tertiary alicyclic amines) is 1. The standard InChI is InChI=1S/C22H31N5O.HI/c1-23-22(26(3)17-20-11-8-12-25(20)2)24-16-18-9-7-10-19(15-18)21(28)27-13-5-4-6-14-27;/h7-12,15H,4-6,13-14,16-17H2,1-3H3,(H,23,24);1H. The SMILES string of the molecule is CN=C(NCc1cccc(C(=O)N2CCCCC2)c1)N(C)Cc1cccn1C.I. The van der Waals surface area contributed by atoms with Gasteiger partial charge in [-0.2, -0.15) is 0 Å². The topological polar surface area (TPSA) is 52.9 Å². The lowest BCUT2D eigenvalue weighted by molar-refractivity contribution is 0.0724. The number of aromatic nitrogens is 1. The minimum atomic E-state index is 0. The van der Waals surface area contributed by atoms with Crippen molar-refractivity contribution in [2.45, 2.75) is 32.4 Å². The highest BCUT2D eigenvalue weighted by Crippen LogP contribution is 2.14. The Bertz CT molecular complexity index is 826. The first-order chi connectivity index (χ1) is 13.6. The summed E-state index contributed by atoms with van der Waals surface area (Å²) in [5.74, 6) is 0.973. The maximum Gasteiger partial charge on any atom is 0.253 e. The van der Waals surface area contributed by atoms with Gasteiger partial charge in [-0.3, -0.25) is 9.79 Å². The van der Waals surface area contributed by atoms with Crippen molar-refractivity contribution in [2.24, 2.45) is 12.0 Å². The molecule has 0 radical (unpaired) electrons. The lowest BCUT2D eigenvalue weighted by Crippen LogP contribution is -2.38. The first-order valence-electron chi connectivity index (χ1n) is 9.98. The summed E-state index contributed by atoms with van der Waals surface area (Å²) in [6.45, 7) is 3.15. The average molecular weight is 509 g/mol. The van der Waals surface area contributed by atoms with E-state index in [1.165, 1.54) is 12.1 Å². The highest BCUT2D eigenvalue weighted by Gasteiger charge is 2.18. The van der Waals surface area contributed by atoms with Crippen molar-refractivity contribution in [1.29, 1.82) is 0 Å². The van der Waals surface area contributed by atoms with Crippen molar-refractivity contribution in [1.82, 2.24) is 19.7 Å². The molecule has 29 heavy (non-hydrogen) atoms. The van der Waals surface area contributed by atoms with Crippen LogP contribution in [0, 0.1) is 0 Å². The van der Waals surface area contributed by atoms with Crippen LogP contribution in [0.3, 0.4) is 0 Å². The van der Waals surface area contributed by atoms with Gasteiger partial charge in [-0.25, -0.2) is 0 Å². The van der Waals surface area contributed by atoms with Crippen molar-refractivity contribution in [3.8, 4) is 0 Å². The van der Waals surface area contributed by atoms with Gasteiger partial charge in [-0.1, -0.05) is 12.1 Å². The maximum absolute atomic E-state index is 12.7. The van der Waals surface area contributed by atoms with Crippen LogP contribution >= 0.6 is 24.0 Å². The second kappa shape index (κ2) is 11.2. The third-order valence-electron chi connectivity index (χ3n) is 5.29. The molecule has 1 aliphatic rings. The second-order valence-corrected chi connectivity index (χ2v) is 7.42. The molecule has 1 fully saturated rings. The minimum absolute atomic E-state index is 0. The summed E-state index contributed by atoms with van der Waals surface area (Å²) in [5.41, 5.74) is 3.07. The smallest absolute Gasteiger partial charge is 0.253 e. The third kappa shape index (κ3) is 6.22. The van der Waals surface area contributed by atoms with E-state index in [0.717, 1.165) is 49.6 Å². The molecule has 1 amide bonds. The molecule has 6 nitrogen and oxygen atoms in total. The third-order valence-corrected chi connectivity index (χ3v) is 5.29. The highest BCUT2D eigenvalue weighted by atomic mass is 127. The van der Waals surface area contributed by atoms with Crippen LogP contribution in [-0.2, 0) is 20.1 Å². The number of halogens is 1. The van der Waals surface area contributed by atoms with Gasteiger partial charge in [0.1, 0.15) is 0 Å². The van der Waals surface area contributed by atoms with E-state index >= 15 is 0 Å². The maximum atomic E-state index is 12.7. The van der Waals surface area contributed by atoms with Crippen LogP contribution in [0.15, 0.2) is 47.6 Å². The number of carbonyl (C=O) groups is 1. The zero-order valence-electron chi connectivity index (χ0n) is 17.6. The molecule has 0 unspecified atom stereocenters. The minimum Gasteiger partial charge on any atom is -0.353 e. The Morgan fingerprint density at radius 1 is 1.17 bits per heavy atom. The molecule has 0 saturated carbocycles. The summed E-state index contributed by atoms with van der Waals surface area (Å²) < 4.78 is 2.11. The van der Waals surface area contributed by atoms with Gasteiger partial charge in [0, 0.05) is 58.2 Å². The van der Waals surface area contributed by atoms with E-state index in [1.54, 1.807) is 7.05 Å². The van der Waals surface area contributed by atoms with Gasteiger partial charge in [-0.05, 0) is 49.1 Å². The molecule has 2 aromatic rings. The van der Waals surface area contributed by atoms with E-state index in [4.69, 9.17) is 0 Å². The number of aryl methyl sites for hydroxylation is 1. The second-order valence-electron chi connectivity index (χ2n) is 7.42. The Kier molecular flexibility index (Phi) is 9.00. The number of rotatable bonds is 5. The number of guanidine groups is 1. The Morgan fingerprint density at radius 2 is 1.93 bits per heavy atom. The number of piperidine rings is 1. The van der Waals surface area contributed by atoms with E-state index in [-0.39, 0.29) is 29.9 Å². The van der Waals surface area contributed by atoms with Gasteiger partial charge in [0.05, 0.1) is 6.54 Å². The van der Waals surface area contributed by atoms with Crippen molar-refractivity contribution >= 4 is 35.8 Å². The number of nitrogens with zero attached hydrogens (tertiary/aromatic N) is 4. The van der Waals surface area contributed by atoms with Gasteiger partial charge >= 0.3 is 0 Å². The number of hydrogen-bond acceptors (Lipinski definition) is 2. The van der Waals surface area contributed by atoms with Crippen LogP contribution in [0.1, 0.15) is 40.9 Å². The van der Waals surface area contributed by atoms with Crippen LogP contribution in [0.2, 0.25) is 0 Å². The molecule has 1 aliphatic heterocycles. The Labute approximate surface area is 191 Å².